The van der Waals surface area contributed by atoms with Crippen molar-refractivity contribution >= 4 is 16.9 Å². The van der Waals surface area contributed by atoms with Gasteiger partial charge in [-0.3, -0.25) is 14.6 Å². The lowest BCUT2D eigenvalue weighted by Crippen LogP contribution is -2.31. The van der Waals surface area contributed by atoms with Gasteiger partial charge in [-0.15, -0.1) is 0 Å². The molecule has 0 saturated carbocycles. The summed E-state index contributed by atoms with van der Waals surface area (Å²) in [4.78, 5) is 36.0. The molecule has 0 aliphatic rings. The molecule has 0 radical (unpaired) electrons. The van der Waals surface area contributed by atoms with Gasteiger partial charge in [-0.05, 0) is 38.1 Å². The molecule has 0 bridgehead atoms. The number of aromatic nitrogens is 4. The topological polar surface area (TPSA) is 94.1 Å². The number of carbonyl (C=O) groups is 1. The summed E-state index contributed by atoms with van der Waals surface area (Å²) in [6.45, 7) is 4.59. The summed E-state index contributed by atoms with van der Waals surface area (Å²) in [6.07, 6.45) is 4.95. The zero-order valence-corrected chi connectivity index (χ0v) is 17.0. The van der Waals surface area contributed by atoms with Gasteiger partial charge in [-0.25, -0.2) is 4.98 Å². The first kappa shape index (κ1) is 19.5. The van der Waals surface area contributed by atoms with E-state index in [9.17, 15) is 9.59 Å². The van der Waals surface area contributed by atoms with Gasteiger partial charge in [0.05, 0.1) is 11.9 Å². The molecule has 0 N–H and O–H groups in total. The molecule has 0 aliphatic carbocycles. The Labute approximate surface area is 172 Å². The van der Waals surface area contributed by atoms with E-state index >= 15 is 0 Å². The first-order valence-electron chi connectivity index (χ1n) is 9.60. The molecular weight excluding hydrogens is 382 g/mol. The minimum atomic E-state index is -0.385. The number of hydrogen-bond donors (Lipinski definition) is 0. The Bertz CT molecular complexity index is 1280. The van der Waals surface area contributed by atoms with Gasteiger partial charge in [-0.1, -0.05) is 5.16 Å². The monoisotopic (exact) mass is 403 g/mol. The van der Waals surface area contributed by atoms with Crippen LogP contribution in [-0.4, -0.2) is 37.5 Å². The molecule has 1 amide bonds. The third kappa shape index (κ3) is 3.59. The molecule has 4 aromatic heterocycles. The molecule has 0 atom stereocenters. The third-order valence-corrected chi connectivity index (χ3v) is 4.89. The summed E-state index contributed by atoms with van der Waals surface area (Å²) in [6, 6.07) is 8.95. The van der Waals surface area contributed by atoms with Gasteiger partial charge in [0.1, 0.15) is 16.9 Å². The Morgan fingerprint density at radius 3 is 2.83 bits per heavy atom. The van der Waals surface area contributed by atoms with E-state index in [1.54, 1.807) is 43.8 Å². The van der Waals surface area contributed by atoms with Crippen LogP contribution in [0.3, 0.4) is 0 Å². The molecule has 30 heavy (non-hydrogen) atoms. The summed E-state index contributed by atoms with van der Waals surface area (Å²) in [5.74, 6) is 0.127. The molecule has 4 rings (SSSR count). The van der Waals surface area contributed by atoms with E-state index < -0.39 is 0 Å². The van der Waals surface area contributed by atoms with Crippen LogP contribution >= 0.6 is 0 Å². The first-order chi connectivity index (χ1) is 14.5. The molecule has 0 spiro atoms. The minimum Gasteiger partial charge on any atom is -0.359 e. The predicted octanol–water partition coefficient (Wildman–Crippen LogP) is 3.05. The molecule has 8 heteroatoms. The molecule has 0 aromatic carbocycles. The van der Waals surface area contributed by atoms with Crippen molar-refractivity contribution in [3.05, 3.63) is 76.2 Å². The van der Waals surface area contributed by atoms with Gasteiger partial charge >= 0.3 is 0 Å². The molecule has 0 unspecified atom stereocenters. The lowest BCUT2D eigenvalue weighted by Gasteiger charge is -2.17. The van der Waals surface area contributed by atoms with E-state index in [4.69, 9.17) is 4.52 Å². The number of nitrogens with zero attached hydrogens (tertiary/aromatic N) is 5. The fraction of sp³-hybridized carbons (Fsp3) is 0.227. The predicted molar refractivity (Wildman–Crippen MR) is 112 cm³/mol. The number of carbonyl (C=O) groups excluding carboxylic acids is 1. The van der Waals surface area contributed by atoms with E-state index in [1.807, 2.05) is 30.5 Å². The van der Waals surface area contributed by atoms with Gasteiger partial charge < -0.3 is 14.0 Å². The van der Waals surface area contributed by atoms with Gasteiger partial charge in [-0.2, -0.15) is 0 Å². The zero-order chi connectivity index (χ0) is 21.3. The van der Waals surface area contributed by atoms with Crippen LogP contribution in [0.25, 0.3) is 22.3 Å². The number of amides is 1. The smallest absolute Gasteiger partial charge is 0.259 e. The zero-order valence-electron chi connectivity index (χ0n) is 17.0. The molecular formula is C22H21N5O3. The van der Waals surface area contributed by atoms with Crippen molar-refractivity contribution in [2.24, 2.45) is 0 Å². The van der Waals surface area contributed by atoms with Crippen LogP contribution in [0, 0.1) is 6.92 Å². The highest BCUT2D eigenvalue weighted by Gasteiger charge is 2.21. The van der Waals surface area contributed by atoms with Crippen LogP contribution in [0.15, 0.2) is 58.2 Å². The van der Waals surface area contributed by atoms with Gasteiger partial charge in [0.15, 0.2) is 5.76 Å². The summed E-state index contributed by atoms with van der Waals surface area (Å²) < 4.78 is 7.19. The van der Waals surface area contributed by atoms with E-state index in [1.165, 1.54) is 4.90 Å². The highest BCUT2D eigenvalue weighted by atomic mass is 16.5. The standard InChI is InChI=1S/C22H21N5O3/c1-4-27-13-18(20(28)17-8-7-14(2)24-21(17)27)22(29)26(3)12-16-10-19(25-30-16)15-6-5-9-23-11-15/h5-11,13H,4,12H2,1-3H3. The molecule has 0 saturated heterocycles. The second-order valence-electron chi connectivity index (χ2n) is 7.06. The molecule has 8 nitrogen and oxygen atoms in total. The van der Waals surface area contributed by atoms with E-state index in [-0.39, 0.29) is 23.4 Å². The maximum atomic E-state index is 13.0. The fourth-order valence-electron chi connectivity index (χ4n) is 3.30. The summed E-state index contributed by atoms with van der Waals surface area (Å²) in [7, 11) is 1.63. The van der Waals surface area contributed by atoms with Crippen molar-refractivity contribution in [2.75, 3.05) is 7.05 Å². The molecule has 4 aromatic rings. The number of hydrogen-bond acceptors (Lipinski definition) is 6. The average molecular weight is 403 g/mol. The Balaban J connectivity index is 1.62. The van der Waals surface area contributed by atoms with Crippen LogP contribution < -0.4 is 5.43 Å². The molecule has 0 fully saturated rings. The van der Waals surface area contributed by atoms with Crippen LogP contribution in [0.2, 0.25) is 0 Å². The molecule has 4 heterocycles. The van der Waals surface area contributed by atoms with Crippen molar-refractivity contribution < 1.29 is 9.32 Å². The van der Waals surface area contributed by atoms with Crippen molar-refractivity contribution in [3.63, 3.8) is 0 Å². The van der Waals surface area contributed by atoms with E-state index in [0.29, 0.717) is 29.0 Å². The minimum absolute atomic E-state index is 0.101. The lowest BCUT2D eigenvalue weighted by atomic mass is 10.1. The lowest BCUT2D eigenvalue weighted by molar-refractivity contribution is 0.0770. The Morgan fingerprint density at radius 2 is 2.10 bits per heavy atom. The number of pyridine rings is 3. The summed E-state index contributed by atoms with van der Waals surface area (Å²) >= 11 is 0. The number of rotatable bonds is 5. The second kappa shape index (κ2) is 7.90. The van der Waals surface area contributed by atoms with E-state index in [0.717, 1.165) is 11.3 Å². The van der Waals surface area contributed by atoms with Crippen molar-refractivity contribution in [2.45, 2.75) is 26.9 Å². The van der Waals surface area contributed by atoms with Crippen molar-refractivity contribution in [3.8, 4) is 11.3 Å². The normalized spacial score (nSPS) is 11.0. The maximum Gasteiger partial charge on any atom is 0.259 e. The maximum absolute atomic E-state index is 13.0. The summed E-state index contributed by atoms with van der Waals surface area (Å²) in [5, 5.41) is 4.47. The van der Waals surface area contributed by atoms with Crippen molar-refractivity contribution in [1.82, 2.24) is 24.6 Å². The van der Waals surface area contributed by atoms with Gasteiger partial charge in [0, 0.05) is 49.5 Å². The van der Waals surface area contributed by atoms with Crippen LogP contribution in [0.5, 0.6) is 0 Å². The first-order valence-corrected chi connectivity index (χ1v) is 9.60. The van der Waals surface area contributed by atoms with E-state index in [2.05, 4.69) is 15.1 Å². The SMILES string of the molecule is CCn1cc(C(=O)N(C)Cc2cc(-c3cccnc3)no2)c(=O)c2ccc(C)nc21. The third-order valence-electron chi connectivity index (χ3n) is 4.89. The Kier molecular flexibility index (Phi) is 5.14. The van der Waals surface area contributed by atoms with Gasteiger partial charge in [0.2, 0.25) is 5.43 Å². The van der Waals surface area contributed by atoms with Crippen LogP contribution in [0.4, 0.5) is 0 Å². The highest BCUT2D eigenvalue weighted by Crippen LogP contribution is 2.19. The number of aryl methyl sites for hydroxylation is 2. The molecule has 0 aliphatic heterocycles. The second-order valence-corrected chi connectivity index (χ2v) is 7.06. The Hall–Kier alpha value is -3.81. The quantitative estimate of drug-likeness (QED) is 0.508. The Morgan fingerprint density at radius 1 is 1.27 bits per heavy atom. The fourth-order valence-corrected chi connectivity index (χ4v) is 3.30. The molecule has 152 valence electrons. The summed E-state index contributed by atoms with van der Waals surface area (Å²) in [5.41, 5.74) is 2.63. The highest BCUT2D eigenvalue weighted by molar-refractivity contribution is 5.96. The largest absolute Gasteiger partial charge is 0.359 e. The number of fused-ring (bicyclic) bond motifs is 1. The van der Waals surface area contributed by atoms with Gasteiger partial charge in [0.25, 0.3) is 5.91 Å². The van der Waals surface area contributed by atoms with Crippen molar-refractivity contribution in [1.29, 1.82) is 0 Å². The average Bonchev–Trinajstić information content (AvgIpc) is 3.22. The van der Waals surface area contributed by atoms with Crippen LogP contribution in [-0.2, 0) is 13.1 Å². The van der Waals surface area contributed by atoms with Crippen LogP contribution in [0.1, 0.15) is 28.7 Å².